The van der Waals surface area contributed by atoms with Crippen molar-refractivity contribution in [3.8, 4) is 17.1 Å². The largest absolute Gasteiger partial charge is 0.317 e. The van der Waals surface area contributed by atoms with Crippen molar-refractivity contribution >= 4 is 44.3 Å². The number of thiazole rings is 1. The number of piperidine rings is 1. The predicted molar refractivity (Wildman–Crippen MR) is 118 cm³/mol. The normalized spacial score (nSPS) is 15.0. The average molecular weight is 442 g/mol. The SMILES string of the molecule is O=C(CC1CCNCC1)Nc1nc2[nH]nc(-n3cncc3-c3ccccc3Cl)c2s1. The summed E-state index contributed by atoms with van der Waals surface area (Å²) in [5.41, 5.74) is 2.33. The van der Waals surface area contributed by atoms with Gasteiger partial charge in [0, 0.05) is 17.0 Å². The lowest BCUT2D eigenvalue weighted by Gasteiger charge is -2.21. The van der Waals surface area contributed by atoms with Crippen molar-refractivity contribution < 1.29 is 4.79 Å². The van der Waals surface area contributed by atoms with E-state index >= 15 is 0 Å². The summed E-state index contributed by atoms with van der Waals surface area (Å²) in [6.45, 7) is 1.96. The van der Waals surface area contributed by atoms with Crippen molar-refractivity contribution in [2.75, 3.05) is 18.4 Å². The highest BCUT2D eigenvalue weighted by Crippen LogP contribution is 2.34. The average Bonchev–Trinajstić information content (AvgIpc) is 3.45. The molecule has 1 aliphatic heterocycles. The number of carbonyl (C=O) groups excluding carboxylic acids is 1. The van der Waals surface area contributed by atoms with Crippen LogP contribution in [0, 0.1) is 5.92 Å². The maximum absolute atomic E-state index is 12.4. The fourth-order valence-corrected chi connectivity index (χ4v) is 4.92. The van der Waals surface area contributed by atoms with Crippen LogP contribution in [0.1, 0.15) is 19.3 Å². The van der Waals surface area contributed by atoms with E-state index in [1.807, 2.05) is 28.8 Å². The van der Waals surface area contributed by atoms with Crippen molar-refractivity contribution in [1.82, 2.24) is 30.0 Å². The number of nitrogens with zero attached hydrogens (tertiary/aromatic N) is 4. The highest BCUT2D eigenvalue weighted by atomic mass is 35.5. The summed E-state index contributed by atoms with van der Waals surface area (Å²) in [5.74, 6) is 1.11. The van der Waals surface area contributed by atoms with Crippen LogP contribution in [-0.2, 0) is 4.79 Å². The van der Waals surface area contributed by atoms with Crippen LogP contribution in [0.3, 0.4) is 0 Å². The molecule has 0 aliphatic carbocycles. The third-order valence-electron chi connectivity index (χ3n) is 5.29. The number of hydrogen-bond donors (Lipinski definition) is 3. The summed E-state index contributed by atoms with van der Waals surface area (Å²) >= 11 is 7.77. The molecule has 154 valence electrons. The Hall–Kier alpha value is -2.75. The van der Waals surface area contributed by atoms with Crippen molar-refractivity contribution in [2.45, 2.75) is 19.3 Å². The Balaban J connectivity index is 1.40. The number of H-pyrrole nitrogens is 1. The van der Waals surface area contributed by atoms with Gasteiger partial charge in [-0.3, -0.25) is 14.5 Å². The molecule has 1 aliphatic rings. The first kappa shape index (κ1) is 19.2. The number of nitrogens with one attached hydrogen (secondary N) is 3. The zero-order chi connectivity index (χ0) is 20.5. The molecule has 0 unspecified atom stereocenters. The van der Waals surface area contributed by atoms with Crippen molar-refractivity contribution in [3.05, 3.63) is 41.8 Å². The third-order valence-corrected chi connectivity index (χ3v) is 6.59. The van der Waals surface area contributed by atoms with Gasteiger partial charge in [0.25, 0.3) is 0 Å². The molecule has 3 N–H and O–H groups in total. The molecular formula is C20H20ClN7OS. The van der Waals surface area contributed by atoms with Gasteiger partial charge in [-0.05, 0) is 37.9 Å². The topological polar surface area (TPSA) is 101 Å². The second-order valence-corrected chi connectivity index (χ2v) is 8.72. The number of hydrogen-bond acceptors (Lipinski definition) is 6. The van der Waals surface area contributed by atoms with Gasteiger partial charge in [-0.2, -0.15) is 5.10 Å². The number of imidazole rings is 1. The third kappa shape index (κ3) is 3.71. The van der Waals surface area contributed by atoms with E-state index in [-0.39, 0.29) is 5.91 Å². The number of carbonyl (C=O) groups is 1. The molecule has 8 nitrogen and oxygen atoms in total. The van der Waals surface area contributed by atoms with Gasteiger partial charge in [-0.15, -0.1) is 0 Å². The van der Waals surface area contributed by atoms with Crippen molar-refractivity contribution in [2.24, 2.45) is 5.92 Å². The van der Waals surface area contributed by atoms with Crippen molar-refractivity contribution in [1.29, 1.82) is 0 Å². The van der Waals surface area contributed by atoms with Gasteiger partial charge in [-0.1, -0.05) is 41.1 Å². The molecule has 4 aromatic rings. The lowest BCUT2D eigenvalue weighted by Crippen LogP contribution is -2.30. The maximum Gasteiger partial charge on any atom is 0.226 e. The number of aromatic amines is 1. The minimum Gasteiger partial charge on any atom is -0.317 e. The molecule has 0 atom stereocenters. The number of fused-ring (bicyclic) bond motifs is 1. The summed E-state index contributed by atoms with van der Waals surface area (Å²) in [6.07, 6.45) is 6.05. The van der Waals surface area contributed by atoms with E-state index in [4.69, 9.17) is 11.6 Å². The Kier molecular flexibility index (Phi) is 5.24. The summed E-state index contributed by atoms with van der Waals surface area (Å²) in [4.78, 5) is 21.2. The summed E-state index contributed by atoms with van der Waals surface area (Å²) in [5, 5.41) is 14.8. The van der Waals surface area contributed by atoms with Gasteiger partial charge in [0.15, 0.2) is 16.6 Å². The van der Waals surface area contributed by atoms with E-state index in [0.717, 1.165) is 41.9 Å². The van der Waals surface area contributed by atoms with Gasteiger partial charge >= 0.3 is 0 Å². The van der Waals surface area contributed by atoms with Crippen LogP contribution >= 0.6 is 22.9 Å². The van der Waals surface area contributed by atoms with Crippen LogP contribution in [0.2, 0.25) is 5.02 Å². The Bertz CT molecular complexity index is 1190. The second-order valence-electron chi connectivity index (χ2n) is 7.32. The van der Waals surface area contributed by atoms with Gasteiger partial charge in [-0.25, -0.2) is 9.97 Å². The molecule has 4 heterocycles. The number of anilines is 1. The molecule has 0 radical (unpaired) electrons. The molecule has 1 amide bonds. The van der Waals surface area contributed by atoms with Crippen LogP contribution in [0.15, 0.2) is 36.8 Å². The zero-order valence-corrected chi connectivity index (χ0v) is 17.6. The smallest absolute Gasteiger partial charge is 0.226 e. The first-order valence-corrected chi connectivity index (χ1v) is 11.0. The molecule has 0 bridgehead atoms. The second kappa shape index (κ2) is 8.17. The fraction of sp³-hybridized carbons (Fsp3) is 0.300. The minimum absolute atomic E-state index is 0.00667. The molecule has 3 aromatic heterocycles. The summed E-state index contributed by atoms with van der Waals surface area (Å²) < 4.78 is 2.72. The van der Waals surface area contributed by atoms with Gasteiger partial charge in [0.2, 0.25) is 5.91 Å². The highest BCUT2D eigenvalue weighted by Gasteiger charge is 2.20. The molecule has 30 heavy (non-hydrogen) atoms. The Morgan fingerprint density at radius 3 is 2.97 bits per heavy atom. The van der Waals surface area contributed by atoms with Crippen LogP contribution < -0.4 is 10.6 Å². The Labute approximate surface area is 181 Å². The molecule has 0 spiro atoms. The van der Waals surface area contributed by atoms with Crippen LogP contribution in [0.5, 0.6) is 0 Å². The lowest BCUT2D eigenvalue weighted by atomic mass is 9.94. The molecule has 0 saturated carbocycles. The maximum atomic E-state index is 12.4. The predicted octanol–water partition coefficient (Wildman–Crippen LogP) is 3.85. The Morgan fingerprint density at radius 2 is 2.13 bits per heavy atom. The number of amides is 1. The molecule has 10 heteroatoms. The first-order valence-electron chi connectivity index (χ1n) is 9.82. The van der Waals surface area contributed by atoms with Gasteiger partial charge in [0.05, 0.1) is 11.9 Å². The van der Waals surface area contributed by atoms with Crippen molar-refractivity contribution in [3.63, 3.8) is 0 Å². The number of halogens is 1. The van der Waals surface area contributed by atoms with Gasteiger partial charge < -0.3 is 10.6 Å². The van der Waals surface area contributed by atoms with Crippen LogP contribution in [0.25, 0.3) is 27.4 Å². The molecule has 1 aromatic carbocycles. The lowest BCUT2D eigenvalue weighted by molar-refractivity contribution is -0.117. The van der Waals surface area contributed by atoms with E-state index in [0.29, 0.717) is 34.0 Å². The van der Waals surface area contributed by atoms with E-state index < -0.39 is 0 Å². The molecular weight excluding hydrogens is 422 g/mol. The highest BCUT2D eigenvalue weighted by molar-refractivity contribution is 7.22. The quantitative estimate of drug-likeness (QED) is 0.436. The van der Waals surface area contributed by atoms with E-state index in [1.54, 1.807) is 12.5 Å². The van der Waals surface area contributed by atoms with E-state index in [9.17, 15) is 4.79 Å². The molecule has 1 saturated heterocycles. The standard InChI is InChI=1S/C20H20ClN7OS/c21-14-4-2-1-3-13(14)15-10-23-11-28(15)19-17-18(26-27-19)25-20(30-17)24-16(29)9-12-5-7-22-8-6-12/h1-4,10-12,22H,5-9H2,(H2,24,25,26,27,29). The first-order chi connectivity index (χ1) is 14.7. The number of rotatable bonds is 5. The number of benzene rings is 1. The van der Waals surface area contributed by atoms with Crippen LogP contribution in [-0.4, -0.2) is 43.7 Å². The fourth-order valence-electron chi connectivity index (χ4n) is 3.77. The number of aromatic nitrogens is 5. The summed E-state index contributed by atoms with van der Waals surface area (Å²) in [6, 6.07) is 7.61. The van der Waals surface area contributed by atoms with E-state index in [2.05, 4.69) is 30.8 Å². The molecule has 1 fully saturated rings. The van der Waals surface area contributed by atoms with Crippen LogP contribution in [0.4, 0.5) is 5.13 Å². The molecule has 5 rings (SSSR count). The van der Waals surface area contributed by atoms with Gasteiger partial charge in [0.1, 0.15) is 11.0 Å². The minimum atomic E-state index is 0.00667. The monoisotopic (exact) mass is 441 g/mol. The zero-order valence-electron chi connectivity index (χ0n) is 16.1. The Morgan fingerprint density at radius 1 is 1.30 bits per heavy atom. The van der Waals surface area contributed by atoms with E-state index in [1.165, 1.54) is 11.3 Å². The summed E-state index contributed by atoms with van der Waals surface area (Å²) in [7, 11) is 0.